The number of rotatable bonds is 48. The van der Waals surface area contributed by atoms with E-state index in [4.69, 9.17) is 22.9 Å². The molecule has 4 rings (SSSR count). The Bertz CT molecular complexity index is 3550. The second kappa shape index (κ2) is 45.0. The van der Waals surface area contributed by atoms with Gasteiger partial charge in [0.15, 0.2) is 5.96 Å². The zero-order valence-corrected chi connectivity index (χ0v) is 61.1. The first-order valence-corrected chi connectivity index (χ1v) is 36.2. The molecule has 23 N–H and O–H groups in total. The van der Waals surface area contributed by atoms with Crippen molar-refractivity contribution in [3.05, 3.63) is 98.9 Å². The lowest BCUT2D eigenvalue weighted by atomic mass is 9.96. The van der Waals surface area contributed by atoms with Gasteiger partial charge in [0, 0.05) is 66.7 Å². The van der Waals surface area contributed by atoms with E-state index in [9.17, 15) is 82.4 Å². The number of carboxylic acids is 2. The molecule has 1 aromatic carbocycles. The van der Waals surface area contributed by atoms with E-state index in [2.05, 4.69) is 73.4 Å². The molecule has 0 unspecified atom stereocenters. The molecule has 37 heteroatoms. The molecule has 4 aromatic rings. The topological polar surface area (TPSA) is 577 Å². The number of carbonyl (C=O) groups is 14. The van der Waals surface area contributed by atoms with Gasteiger partial charge >= 0.3 is 11.9 Å². The minimum absolute atomic E-state index is 0.0243. The predicted octanol–water partition coefficient (Wildman–Crippen LogP) is -2.36. The second-order valence-corrected chi connectivity index (χ2v) is 27.4. The van der Waals surface area contributed by atoms with Gasteiger partial charge in [-0.25, -0.2) is 4.98 Å². The summed E-state index contributed by atoms with van der Waals surface area (Å²) in [6.07, 6.45) is 0.944. The number of benzene rings is 1. The van der Waals surface area contributed by atoms with Crippen molar-refractivity contribution in [2.45, 2.75) is 204 Å². The van der Waals surface area contributed by atoms with E-state index in [1.807, 2.05) is 0 Å². The Morgan fingerprint density at radius 1 is 0.486 bits per heavy atom. The van der Waals surface area contributed by atoms with Crippen molar-refractivity contribution in [3.63, 3.8) is 0 Å². The molecule has 0 spiro atoms. The van der Waals surface area contributed by atoms with Crippen LogP contribution in [0.25, 0.3) is 0 Å². The van der Waals surface area contributed by atoms with E-state index in [1.165, 1.54) is 42.1 Å². The molecule has 576 valence electrons. The Hall–Kier alpha value is -10.4. The van der Waals surface area contributed by atoms with Gasteiger partial charge in [0.1, 0.15) is 66.5 Å². The van der Waals surface area contributed by atoms with Crippen LogP contribution in [0.1, 0.15) is 127 Å². The van der Waals surface area contributed by atoms with Crippen molar-refractivity contribution in [3.8, 4) is 0 Å². The zero-order valence-electron chi connectivity index (χ0n) is 59.5. The van der Waals surface area contributed by atoms with Gasteiger partial charge in [-0.15, -0.1) is 22.7 Å². The molecule has 0 fully saturated rings. The summed E-state index contributed by atoms with van der Waals surface area (Å²) in [7, 11) is 0. The SMILES string of the molecule is CCC[C@H](NC(=O)[C@H](Cc1cccs1)NC(=O)[C@H](Cc1cccs1)NC(=O)[C@@H](NC(=O)[C@H](CCC(=O)O)NC(=O)[C@H](CO)NC(=O)[C@@H](N)[C@@H](C)CC)[C@@H](C)CC)C(=O)N[C@@H](C)C(=O)N[C@@H](CCC(=O)O)C(=O)N[C@@H](Cc1ccccc1)C(=O)N[C@@H](CCCN=C(N)N)C(=O)N[C@@H](Cc1cnc[nH]1)C(N)=O. The number of nitrogens with two attached hydrogens (primary N) is 4. The number of H-pyrrole nitrogens is 1. The molecule has 0 aliphatic heterocycles. The third kappa shape index (κ3) is 30.4. The maximum atomic E-state index is 14.8. The average Bonchev–Trinajstić information content (AvgIpc) is 1.14. The Labute approximate surface area is 615 Å². The molecule has 0 bridgehead atoms. The van der Waals surface area contributed by atoms with Gasteiger partial charge in [0.2, 0.25) is 70.9 Å². The van der Waals surface area contributed by atoms with Crippen LogP contribution in [0.5, 0.6) is 0 Å². The number of nitrogens with one attached hydrogen (secondary N) is 12. The summed E-state index contributed by atoms with van der Waals surface area (Å²) in [5.74, 6) is -15.0. The standard InChI is InChI=1S/C68H100N18O17S2/c1-7-16-43(58(94)76-38(6)57(93)77-45(22-24-52(88)89)60(96)82-48(29-39-17-11-10-12-18-39)62(98)79-44(21-13-26-74-68(71)72)59(95)81-47(56(70)92)30-40-33-73-35-75-40)78-63(99)49(31-41-19-14-27-104-41)83-64(100)50(32-42-20-15-28-105-42)84-67(103)55(37(5)9-3)86-61(97)46(23-25-53(90)91)80-65(101)51(34-87)85-66(102)54(69)36(4)8-2/h10-12,14-15,17-20,27-28,33,35-38,43-51,54-55,87H,7-9,13,16,21-26,29-32,34,69H2,1-6H3,(H2,70,92)(H,73,75)(H,76,94)(H,77,93)(H,78,99)(H,79,98)(H,80,101)(H,81,95)(H,82,96)(H,83,100)(H,84,103)(H,85,102)(H,86,97)(H,88,89)(H,90,91)(H4,71,72,74)/t36-,37-,38-,43-,44-,45-,46-,47-,48-,49-,50-,51-,54-,55-/m0/s1. The summed E-state index contributed by atoms with van der Waals surface area (Å²) in [6.45, 7) is 8.90. The highest BCUT2D eigenvalue weighted by atomic mass is 32.1. The summed E-state index contributed by atoms with van der Waals surface area (Å²) < 4.78 is 0. The number of thiophene rings is 2. The van der Waals surface area contributed by atoms with Gasteiger partial charge in [0.05, 0.1) is 19.0 Å². The Kier molecular flexibility index (Phi) is 37.3. The molecule has 12 amide bonds. The molecule has 3 heterocycles. The smallest absolute Gasteiger partial charge is 0.303 e. The highest BCUT2D eigenvalue weighted by Gasteiger charge is 2.38. The summed E-state index contributed by atoms with van der Waals surface area (Å²) >= 11 is 2.49. The largest absolute Gasteiger partial charge is 0.481 e. The number of hydrogen-bond donors (Lipinski definition) is 19. The average molecular weight is 1510 g/mol. The second-order valence-electron chi connectivity index (χ2n) is 25.3. The number of aliphatic hydroxyl groups is 1. The van der Waals surface area contributed by atoms with Gasteiger partial charge in [0.25, 0.3) is 0 Å². The van der Waals surface area contributed by atoms with E-state index >= 15 is 0 Å². The van der Waals surface area contributed by atoms with E-state index in [-0.39, 0.29) is 76.2 Å². The van der Waals surface area contributed by atoms with Crippen molar-refractivity contribution >= 4 is 111 Å². The van der Waals surface area contributed by atoms with E-state index in [0.29, 0.717) is 27.4 Å². The van der Waals surface area contributed by atoms with E-state index in [1.54, 1.807) is 100.0 Å². The number of aliphatic imine (C=N–C) groups is 1. The maximum absolute atomic E-state index is 14.8. The van der Waals surface area contributed by atoms with Crippen LogP contribution in [-0.2, 0) is 92.8 Å². The van der Waals surface area contributed by atoms with E-state index in [0.717, 1.165) is 0 Å². The molecule has 0 aliphatic carbocycles. The van der Waals surface area contributed by atoms with Crippen molar-refractivity contribution in [2.75, 3.05) is 13.2 Å². The lowest BCUT2D eigenvalue weighted by molar-refractivity contribution is -0.139. The van der Waals surface area contributed by atoms with Crippen LogP contribution in [0.15, 0.2) is 82.9 Å². The minimum atomic E-state index is -1.67. The molecule has 0 aliphatic rings. The number of carboxylic acid groups (broad SMARTS) is 2. The van der Waals surface area contributed by atoms with Crippen LogP contribution in [0.2, 0.25) is 0 Å². The molecule has 0 radical (unpaired) electrons. The van der Waals surface area contributed by atoms with Gasteiger partial charge in [-0.1, -0.05) is 96.3 Å². The van der Waals surface area contributed by atoms with E-state index < -0.39 is 194 Å². The van der Waals surface area contributed by atoms with Gasteiger partial charge in [-0.2, -0.15) is 0 Å². The first-order valence-electron chi connectivity index (χ1n) is 34.4. The Balaban J connectivity index is 1.57. The fourth-order valence-corrected chi connectivity index (χ4v) is 12.0. The summed E-state index contributed by atoms with van der Waals surface area (Å²) in [5, 5.41) is 61.2. The van der Waals surface area contributed by atoms with Crippen molar-refractivity contribution < 1.29 is 82.4 Å². The minimum Gasteiger partial charge on any atom is -0.481 e. The Morgan fingerprint density at radius 2 is 0.924 bits per heavy atom. The number of aliphatic hydroxyl groups excluding tert-OH is 1. The monoisotopic (exact) mass is 1500 g/mol. The molecule has 14 atom stereocenters. The summed E-state index contributed by atoms with van der Waals surface area (Å²) in [5.41, 5.74) is 23.7. The number of aliphatic carboxylic acids is 2. The van der Waals surface area contributed by atoms with Crippen molar-refractivity contribution in [1.29, 1.82) is 0 Å². The molecular weight excluding hydrogens is 1400 g/mol. The molecular formula is C68H100N18O17S2. The number of aromatic nitrogens is 2. The number of hydrogen-bond acceptors (Lipinski definition) is 20. The summed E-state index contributed by atoms with van der Waals surface area (Å²) in [4.78, 5) is 204. The Morgan fingerprint density at radius 3 is 1.38 bits per heavy atom. The number of carbonyl (C=O) groups excluding carboxylic acids is 12. The lowest BCUT2D eigenvalue weighted by Gasteiger charge is -2.29. The van der Waals surface area contributed by atoms with Crippen LogP contribution in [0.3, 0.4) is 0 Å². The number of primary amides is 1. The number of nitrogens with zero attached hydrogens (tertiary/aromatic N) is 2. The fourth-order valence-electron chi connectivity index (χ4n) is 10.5. The third-order valence-electron chi connectivity index (χ3n) is 17.1. The van der Waals surface area contributed by atoms with Crippen LogP contribution in [0.4, 0.5) is 0 Å². The maximum Gasteiger partial charge on any atom is 0.303 e. The molecule has 105 heavy (non-hydrogen) atoms. The van der Waals surface area contributed by atoms with Crippen LogP contribution >= 0.6 is 22.7 Å². The predicted molar refractivity (Wildman–Crippen MR) is 387 cm³/mol. The molecule has 3 aromatic heterocycles. The first kappa shape index (κ1) is 87.0. The van der Waals surface area contributed by atoms with Crippen LogP contribution in [-0.4, -0.2) is 200 Å². The fraction of sp³-hybridized carbons (Fsp3) is 0.529. The molecule has 0 saturated carbocycles. The van der Waals surface area contributed by atoms with Crippen molar-refractivity contribution in [1.82, 2.24) is 68.5 Å². The normalized spacial score (nSPS) is 15.1. The number of guanidine groups is 1. The number of imidazole rings is 1. The number of aromatic amines is 1. The van der Waals surface area contributed by atoms with Gasteiger partial charge in [-0.05, 0) is 79.3 Å². The molecule has 0 saturated heterocycles. The zero-order chi connectivity index (χ0) is 77.9. The highest BCUT2D eigenvalue weighted by molar-refractivity contribution is 7.10. The van der Waals surface area contributed by atoms with Crippen LogP contribution in [0, 0.1) is 11.8 Å². The van der Waals surface area contributed by atoms with Crippen LogP contribution < -0.4 is 81.4 Å². The van der Waals surface area contributed by atoms with Crippen molar-refractivity contribution in [2.24, 2.45) is 39.8 Å². The van der Waals surface area contributed by atoms with Gasteiger partial charge in [-0.3, -0.25) is 72.1 Å². The third-order valence-corrected chi connectivity index (χ3v) is 18.9. The lowest BCUT2D eigenvalue weighted by Crippen LogP contribution is -2.62. The molecule has 35 nitrogen and oxygen atoms in total. The quantitative estimate of drug-likeness (QED) is 0.0125. The van der Waals surface area contributed by atoms with Gasteiger partial charge < -0.3 is 102 Å². The number of amides is 12. The first-order chi connectivity index (χ1) is 49.9. The highest BCUT2D eigenvalue weighted by Crippen LogP contribution is 2.18. The summed E-state index contributed by atoms with van der Waals surface area (Å²) in [6, 6.07) is -2.21.